The van der Waals surface area contributed by atoms with Crippen LogP contribution in [0.1, 0.15) is 16.7 Å². The highest BCUT2D eigenvalue weighted by Crippen LogP contribution is 2.45. The number of rotatable bonds is 3. The van der Waals surface area contributed by atoms with Gasteiger partial charge in [0.05, 0.1) is 28.8 Å². The lowest BCUT2D eigenvalue weighted by atomic mass is 9.92. The Morgan fingerprint density at radius 1 is 0.676 bits per heavy atom. The summed E-state index contributed by atoms with van der Waals surface area (Å²) in [7, 11) is 2.07. The fraction of sp³-hybridized carbons (Fsp3) is 0.0606. The third-order valence-electron chi connectivity index (χ3n) is 6.96. The molecular formula is C33H22N3S+. The predicted octanol–water partition coefficient (Wildman–Crippen LogP) is 7.93. The first kappa shape index (κ1) is 22.7. The maximum Gasteiger partial charge on any atom is 0.213 e. The molecule has 0 aliphatic carbocycles. The monoisotopic (exact) mass is 492 g/mol. The summed E-state index contributed by atoms with van der Waals surface area (Å²) in [5.41, 5.74) is 8.44. The summed E-state index contributed by atoms with van der Waals surface area (Å²) in [6.07, 6.45) is 2.07. The van der Waals surface area contributed by atoms with Crippen LogP contribution in [-0.4, -0.2) is 0 Å². The fourth-order valence-corrected chi connectivity index (χ4v) is 6.62. The Morgan fingerprint density at radius 3 is 2.11 bits per heavy atom. The highest BCUT2D eigenvalue weighted by molar-refractivity contribution is 7.27. The minimum atomic E-state index is 0.596. The molecule has 0 saturated carbocycles. The van der Waals surface area contributed by atoms with Gasteiger partial charge in [0.1, 0.15) is 7.05 Å². The summed E-state index contributed by atoms with van der Waals surface area (Å²) < 4.78 is 4.42. The van der Waals surface area contributed by atoms with E-state index in [-0.39, 0.29) is 0 Å². The smallest absolute Gasteiger partial charge is 0.201 e. The van der Waals surface area contributed by atoms with Crippen molar-refractivity contribution in [2.24, 2.45) is 7.05 Å². The van der Waals surface area contributed by atoms with Crippen molar-refractivity contribution in [1.29, 1.82) is 10.5 Å². The number of benzene rings is 4. The molecular weight excluding hydrogens is 470 g/mol. The van der Waals surface area contributed by atoms with Crippen LogP contribution in [0.25, 0.3) is 53.7 Å². The molecule has 2 heterocycles. The molecule has 0 aliphatic rings. The van der Waals surface area contributed by atoms with E-state index in [2.05, 4.69) is 67.2 Å². The summed E-state index contributed by atoms with van der Waals surface area (Å²) in [5, 5.41) is 22.4. The maximum atomic E-state index is 10.1. The Kier molecular flexibility index (Phi) is 5.53. The van der Waals surface area contributed by atoms with Crippen LogP contribution in [0.5, 0.6) is 0 Å². The van der Waals surface area contributed by atoms with Gasteiger partial charge < -0.3 is 0 Å². The van der Waals surface area contributed by atoms with Gasteiger partial charge in [0.15, 0.2) is 6.20 Å². The zero-order chi connectivity index (χ0) is 25.5. The topological polar surface area (TPSA) is 51.5 Å². The van der Waals surface area contributed by atoms with E-state index < -0.39 is 0 Å². The molecule has 6 aromatic rings. The molecule has 174 valence electrons. The second kappa shape index (κ2) is 9.03. The van der Waals surface area contributed by atoms with Crippen molar-refractivity contribution in [1.82, 2.24) is 0 Å². The van der Waals surface area contributed by atoms with Gasteiger partial charge in [-0.05, 0) is 47.4 Å². The molecule has 37 heavy (non-hydrogen) atoms. The first-order chi connectivity index (χ1) is 18.1. The Balaban J connectivity index is 1.65. The van der Waals surface area contributed by atoms with Crippen LogP contribution in [0.15, 0.2) is 97.2 Å². The average Bonchev–Trinajstić information content (AvgIpc) is 3.31. The molecule has 2 aromatic heterocycles. The van der Waals surface area contributed by atoms with E-state index in [0.29, 0.717) is 11.1 Å². The van der Waals surface area contributed by atoms with E-state index >= 15 is 0 Å². The molecule has 0 N–H and O–H groups in total. The molecule has 0 saturated heterocycles. The van der Waals surface area contributed by atoms with E-state index in [9.17, 15) is 10.5 Å². The molecule has 0 amide bonds. The van der Waals surface area contributed by atoms with Gasteiger partial charge in [-0.3, -0.25) is 0 Å². The zero-order valence-corrected chi connectivity index (χ0v) is 21.3. The molecule has 0 fully saturated rings. The van der Waals surface area contributed by atoms with Crippen molar-refractivity contribution in [2.75, 3.05) is 0 Å². The van der Waals surface area contributed by atoms with Gasteiger partial charge in [0.2, 0.25) is 5.69 Å². The van der Waals surface area contributed by atoms with Gasteiger partial charge in [0.25, 0.3) is 0 Å². The second-order valence-corrected chi connectivity index (χ2v) is 10.2. The lowest BCUT2D eigenvalue weighted by Gasteiger charge is -2.10. The van der Waals surface area contributed by atoms with Crippen molar-refractivity contribution >= 4 is 31.5 Å². The SMILES string of the molecule is Cc1ccc2c(sc3c(-c4ccc(-c5ccccc5)c(C#N)c4)c(C#N)ccc32)c1-c1cccc[n+]1C. The number of thiophene rings is 1. The standard InChI is InChI=1S/C33H22N3S/c1-21-11-14-27-28-16-13-24(19-34)31(33(28)37-32(27)30(21)29-10-6-7-17-36(29)2)23-12-15-26(25(18-23)20-35)22-8-4-3-5-9-22/h3-18H,1-2H3/q+1. The molecule has 4 heteroatoms. The molecule has 6 rings (SSSR count). The molecule has 0 radical (unpaired) electrons. The quantitative estimate of drug-likeness (QED) is 0.236. The number of hydrogen-bond acceptors (Lipinski definition) is 3. The first-order valence-electron chi connectivity index (χ1n) is 12.0. The number of pyridine rings is 1. The lowest BCUT2D eigenvalue weighted by molar-refractivity contribution is -0.660. The third kappa shape index (κ3) is 3.67. The molecule has 0 aliphatic heterocycles. The molecule has 0 spiro atoms. The molecule has 4 aromatic carbocycles. The zero-order valence-electron chi connectivity index (χ0n) is 20.5. The summed E-state index contributed by atoms with van der Waals surface area (Å²) in [6, 6.07) is 35.2. The van der Waals surface area contributed by atoms with Crippen molar-refractivity contribution in [3.05, 3.63) is 114 Å². The van der Waals surface area contributed by atoms with E-state index in [1.165, 1.54) is 21.2 Å². The van der Waals surface area contributed by atoms with E-state index in [1.54, 1.807) is 11.3 Å². The Morgan fingerprint density at radius 2 is 1.38 bits per heavy atom. The van der Waals surface area contributed by atoms with Gasteiger partial charge in [-0.15, -0.1) is 11.3 Å². The lowest BCUT2D eigenvalue weighted by Crippen LogP contribution is -2.30. The van der Waals surface area contributed by atoms with Gasteiger partial charge in [-0.25, -0.2) is 4.57 Å². The number of aryl methyl sites for hydroxylation is 2. The summed E-state index contributed by atoms with van der Waals surface area (Å²) in [6.45, 7) is 2.15. The highest BCUT2D eigenvalue weighted by atomic mass is 32.1. The van der Waals surface area contributed by atoms with Crippen LogP contribution in [0.2, 0.25) is 0 Å². The first-order valence-corrected chi connectivity index (χ1v) is 12.9. The minimum Gasteiger partial charge on any atom is -0.201 e. The van der Waals surface area contributed by atoms with Crippen LogP contribution in [0.4, 0.5) is 0 Å². The number of nitriles is 2. The minimum absolute atomic E-state index is 0.596. The maximum absolute atomic E-state index is 10.1. The molecule has 0 bridgehead atoms. The van der Waals surface area contributed by atoms with E-state index in [1.807, 2.05) is 60.7 Å². The van der Waals surface area contributed by atoms with Gasteiger partial charge >= 0.3 is 0 Å². The van der Waals surface area contributed by atoms with Crippen LogP contribution in [0, 0.1) is 29.6 Å². The second-order valence-electron chi connectivity index (χ2n) is 9.15. The normalized spacial score (nSPS) is 10.9. The molecule has 3 nitrogen and oxygen atoms in total. The van der Waals surface area contributed by atoms with Crippen LogP contribution < -0.4 is 4.57 Å². The number of fused-ring (bicyclic) bond motifs is 3. The molecule has 0 unspecified atom stereocenters. The van der Waals surface area contributed by atoms with Crippen LogP contribution >= 0.6 is 11.3 Å². The van der Waals surface area contributed by atoms with E-state index in [4.69, 9.17) is 0 Å². The predicted molar refractivity (Wildman–Crippen MR) is 151 cm³/mol. The van der Waals surface area contributed by atoms with Gasteiger partial charge in [-0.1, -0.05) is 60.7 Å². The van der Waals surface area contributed by atoms with Crippen molar-refractivity contribution in [3.63, 3.8) is 0 Å². The van der Waals surface area contributed by atoms with Crippen LogP contribution in [0.3, 0.4) is 0 Å². The van der Waals surface area contributed by atoms with E-state index in [0.717, 1.165) is 38.0 Å². The average molecular weight is 493 g/mol. The summed E-state index contributed by atoms with van der Waals surface area (Å²) >= 11 is 1.72. The fourth-order valence-electron chi connectivity index (χ4n) is 5.14. The van der Waals surface area contributed by atoms with Crippen LogP contribution in [-0.2, 0) is 7.05 Å². The number of nitrogens with zero attached hydrogens (tertiary/aromatic N) is 3. The summed E-state index contributed by atoms with van der Waals surface area (Å²) in [4.78, 5) is 0. The van der Waals surface area contributed by atoms with Gasteiger partial charge in [0, 0.05) is 37.9 Å². The Labute approximate surface area is 219 Å². The molecule has 0 atom stereocenters. The highest BCUT2D eigenvalue weighted by Gasteiger charge is 2.21. The third-order valence-corrected chi connectivity index (χ3v) is 8.22. The Hall–Kier alpha value is -4.77. The van der Waals surface area contributed by atoms with Crippen molar-refractivity contribution in [3.8, 4) is 45.6 Å². The number of hydrogen-bond donors (Lipinski definition) is 0. The Bertz CT molecular complexity index is 1920. The van der Waals surface area contributed by atoms with Gasteiger partial charge in [-0.2, -0.15) is 10.5 Å². The largest absolute Gasteiger partial charge is 0.213 e. The summed E-state index contributed by atoms with van der Waals surface area (Å²) in [5.74, 6) is 0. The van der Waals surface area contributed by atoms with Crippen molar-refractivity contribution in [2.45, 2.75) is 6.92 Å². The van der Waals surface area contributed by atoms with Crippen molar-refractivity contribution < 1.29 is 4.57 Å². The number of aromatic nitrogens is 1.